The van der Waals surface area contributed by atoms with Gasteiger partial charge < -0.3 is 9.64 Å². The Bertz CT molecular complexity index is 831. The van der Waals surface area contributed by atoms with E-state index in [-0.39, 0.29) is 17.5 Å². The summed E-state index contributed by atoms with van der Waals surface area (Å²) in [5.74, 6) is 0.774. The molecule has 0 saturated heterocycles. The van der Waals surface area contributed by atoms with Crippen LogP contribution in [-0.4, -0.2) is 46.4 Å². The number of rotatable bonds is 8. The third-order valence-corrected chi connectivity index (χ3v) is 5.50. The second kappa shape index (κ2) is 8.82. The summed E-state index contributed by atoms with van der Waals surface area (Å²) in [6.07, 6.45) is 1.69. The zero-order valence-corrected chi connectivity index (χ0v) is 16.3. The van der Waals surface area contributed by atoms with Crippen LogP contribution in [-0.2, 0) is 10.0 Å². The molecular formula is C19H25N3O3S. The van der Waals surface area contributed by atoms with Crippen molar-refractivity contribution in [2.24, 2.45) is 4.99 Å². The van der Waals surface area contributed by atoms with Crippen LogP contribution in [0.1, 0.15) is 12.5 Å². The Labute approximate surface area is 155 Å². The molecule has 0 aromatic heterocycles. The third-order valence-electron chi connectivity index (χ3n) is 4.06. The summed E-state index contributed by atoms with van der Waals surface area (Å²) in [6.45, 7) is 4.13. The minimum Gasteiger partial charge on any atom is -0.497 e. The first-order valence-corrected chi connectivity index (χ1v) is 9.76. The number of ether oxygens (including phenoxy) is 1. The average Bonchev–Trinajstić information content (AvgIpc) is 2.65. The van der Waals surface area contributed by atoms with E-state index in [2.05, 4.69) is 9.71 Å². The van der Waals surface area contributed by atoms with Gasteiger partial charge in [0.1, 0.15) is 5.75 Å². The highest BCUT2D eigenvalue weighted by atomic mass is 32.2. The van der Waals surface area contributed by atoms with Crippen LogP contribution in [0.3, 0.4) is 0 Å². The lowest BCUT2D eigenvalue weighted by Crippen LogP contribution is -2.39. The Kier molecular flexibility index (Phi) is 6.76. The molecule has 0 spiro atoms. The average molecular weight is 375 g/mol. The Morgan fingerprint density at radius 2 is 1.77 bits per heavy atom. The maximum atomic E-state index is 12.3. The van der Waals surface area contributed by atoms with E-state index in [9.17, 15) is 8.42 Å². The van der Waals surface area contributed by atoms with Gasteiger partial charge >= 0.3 is 0 Å². The van der Waals surface area contributed by atoms with Gasteiger partial charge in [0.2, 0.25) is 10.0 Å². The second-order valence-corrected chi connectivity index (χ2v) is 7.89. The molecule has 0 saturated carbocycles. The van der Waals surface area contributed by atoms with E-state index in [1.165, 1.54) is 0 Å². The Morgan fingerprint density at radius 3 is 2.35 bits per heavy atom. The van der Waals surface area contributed by atoms with E-state index in [0.29, 0.717) is 0 Å². The van der Waals surface area contributed by atoms with Gasteiger partial charge in [-0.05, 0) is 50.2 Å². The molecule has 2 aromatic carbocycles. The smallest absolute Gasteiger partial charge is 0.240 e. The maximum Gasteiger partial charge on any atom is 0.240 e. The molecule has 1 atom stereocenters. The molecule has 26 heavy (non-hydrogen) atoms. The zero-order chi connectivity index (χ0) is 19.2. The van der Waals surface area contributed by atoms with E-state index in [0.717, 1.165) is 17.0 Å². The van der Waals surface area contributed by atoms with E-state index >= 15 is 0 Å². The summed E-state index contributed by atoms with van der Waals surface area (Å²) in [6, 6.07) is 14.1. The molecule has 0 bridgehead atoms. The number of sulfonamides is 1. The summed E-state index contributed by atoms with van der Waals surface area (Å²) < 4.78 is 32.4. The quantitative estimate of drug-likeness (QED) is 0.569. The molecule has 140 valence electrons. The minimum atomic E-state index is -3.52. The molecule has 2 aromatic rings. The number of methoxy groups -OCH3 is 1. The molecular weight excluding hydrogens is 350 g/mol. The Balaban J connectivity index is 1.92. The first-order chi connectivity index (χ1) is 12.3. The number of likely N-dealkylation sites (N-methyl/N-ethyl adjacent to an activating group) is 1. The van der Waals surface area contributed by atoms with E-state index in [1.807, 2.05) is 50.1 Å². The van der Waals surface area contributed by atoms with Gasteiger partial charge in [0.05, 0.1) is 24.0 Å². The van der Waals surface area contributed by atoms with Crippen molar-refractivity contribution in [3.8, 4) is 5.75 Å². The van der Waals surface area contributed by atoms with Gasteiger partial charge in [0.15, 0.2) is 0 Å². The lowest BCUT2D eigenvalue weighted by molar-refractivity contribution is 0.397. The van der Waals surface area contributed by atoms with E-state index < -0.39 is 10.0 Å². The predicted molar refractivity (Wildman–Crippen MR) is 105 cm³/mol. The van der Waals surface area contributed by atoms with Gasteiger partial charge in [-0.1, -0.05) is 17.7 Å². The molecule has 1 N–H and O–H groups in total. The van der Waals surface area contributed by atoms with Gasteiger partial charge in [-0.3, -0.25) is 0 Å². The number of aryl methyl sites for hydroxylation is 1. The molecule has 0 amide bonds. The molecule has 1 unspecified atom stereocenters. The van der Waals surface area contributed by atoms with Crippen molar-refractivity contribution >= 4 is 22.0 Å². The van der Waals surface area contributed by atoms with Gasteiger partial charge in [0.25, 0.3) is 0 Å². The Hall–Kier alpha value is -2.38. The topological polar surface area (TPSA) is 71.0 Å². The number of benzene rings is 2. The number of nitrogens with one attached hydrogen (secondary N) is 1. The van der Waals surface area contributed by atoms with Crippen LogP contribution in [0.2, 0.25) is 0 Å². The van der Waals surface area contributed by atoms with Crippen molar-refractivity contribution in [3.05, 3.63) is 54.1 Å². The summed E-state index contributed by atoms with van der Waals surface area (Å²) in [7, 11) is -0.0400. The molecule has 0 fully saturated rings. The number of hydrogen-bond donors (Lipinski definition) is 1. The minimum absolute atomic E-state index is 0.0581. The molecule has 7 heteroatoms. The molecule has 0 aliphatic rings. The first kappa shape index (κ1) is 19.9. The van der Waals surface area contributed by atoms with Crippen LogP contribution in [0.4, 0.5) is 5.69 Å². The van der Waals surface area contributed by atoms with Gasteiger partial charge in [-0.15, -0.1) is 0 Å². The van der Waals surface area contributed by atoms with Crippen LogP contribution in [0.15, 0.2) is 58.4 Å². The highest BCUT2D eigenvalue weighted by Crippen LogP contribution is 2.17. The highest BCUT2D eigenvalue weighted by molar-refractivity contribution is 7.89. The largest absolute Gasteiger partial charge is 0.497 e. The number of hydrogen-bond acceptors (Lipinski definition) is 4. The van der Waals surface area contributed by atoms with E-state index in [1.54, 1.807) is 37.7 Å². The van der Waals surface area contributed by atoms with Crippen LogP contribution in [0.25, 0.3) is 0 Å². The number of aliphatic imine (C=N–C) groups is 1. The molecule has 0 heterocycles. The zero-order valence-electron chi connectivity index (χ0n) is 15.5. The van der Waals surface area contributed by atoms with Crippen LogP contribution in [0.5, 0.6) is 5.75 Å². The maximum absolute atomic E-state index is 12.3. The Morgan fingerprint density at radius 1 is 1.15 bits per heavy atom. The van der Waals surface area contributed by atoms with Crippen LogP contribution >= 0.6 is 0 Å². The number of nitrogens with zero attached hydrogens (tertiary/aromatic N) is 2. The van der Waals surface area contributed by atoms with Gasteiger partial charge in [0, 0.05) is 19.6 Å². The van der Waals surface area contributed by atoms with Crippen molar-refractivity contribution in [1.82, 2.24) is 9.62 Å². The van der Waals surface area contributed by atoms with E-state index in [4.69, 9.17) is 4.74 Å². The van der Waals surface area contributed by atoms with Crippen molar-refractivity contribution in [2.45, 2.75) is 24.8 Å². The second-order valence-electron chi connectivity index (χ2n) is 6.12. The summed E-state index contributed by atoms with van der Waals surface area (Å²) >= 11 is 0. The van der Waals surface area contributed by atoms with Crippen molar-refractivity contribution in [2.75, 3.05) is 20.7 Å². The summed E-state index contributed by atoms with van der Waals surface area (Å²) in [5.41, 5.74) is 1.82. The lowest BCUT2D eigenvalue weighted by Gasteiger charge is -2.22. The predicted octanol–water partition coefficient (Wildman–Crippen LogP) is 2.96. The van der Waals surface area contributed by atoms with Crippen molar-refractivity contribution < 1.29 is 13.2 Å². The standard InChI is InChI=1S/C19H25N3O3S/c1-15-5-11-19(12-6-15)26(23,24)21-13-16(2)22(3)14-20-17-7-9-18(25-4)10-8-17/h5-12,14,16,21H,13H2,1-4H3. The monoisotopic (exact) mass is 375 g/mol. The molecule has 0 aliphatic heterocycles. The highest BCUT2D eigenvalue weighted by Gasteiger charge is 2.16. The van der Waals surface area contributed by atoms with Crippen LogP contribution in [0, 0.1) is 6.92 Å². The summed E-state index contributed by atoms with van der Waals surface area (Å²) in [5, 5.41) is 0. The lowest BCUT2D eigenvalue weighted by atomic mass is 10.2. The van der Waals surface area contributed by atoms with Gasteiger partial charge in [-0.2, -0.15) is 0 Å². The fourth-order valence-electron chi connectivity index (χ4n) is 2.11. The van der Waals surface area contributed by atoms with Crippen LogP contribution < -0.4 is 9.46 Å². The van der Waals surface area contributed by atoms with Crippen molar-refractivity contribution in [3.63, 3.8) is 0 Å². The normalized spacial score (nSPS) is 12.9. The van der Waals surface area contributed by atoms with Crippen molar-refractivity contribution in [1.29, 1.82) is 0 Å². The fourth-order valence-corrected chi connectivity index (χ4v) is 3.24. The molecule has 0 aliphatic carbocycles. The fraction of sp³-hybridized carbons (Fsp3) is 0.316. The molecule has 0 radical (unpaired) electrons. The SMILES string of the molecule is COc1ccc(N=CN(C)C(C)CNS(=O)(=O)c2ccc(C)cc2)cc1. The van der Waals surface area contributed by atoms with Gasteiger partial charge in [-0.25, -0.2) is 18.1 Å². The molecule has 2 rings (SSSR count). The first-order valence-electron chi connectivity index (χ1n) is 8.28. The summed E-state index contributed by atoms with van der Waals surface area (Å²) in [4.78, 5) is 6.51. The third kappa shape index (κ3) is 5.57. The molecule has 6 nitrogen and oxygen atoms in total.